The molecule has 4 unspecified atom stereocenters. The summed E-state index contributed by atoms with van der Waals surface area (Å²) >= 11 is 4.03. The quantitative estimate of drug-likeness (QED) is 0.0419. The number of nitrogens with two attached hydrogens (primary N) is 4. The van der Waals surface area contributed by atoms with E-state index in [0.29, 0.717) is 5.56 Å². The van der Waals surface area contributed by atoms with Crippen LogP contribution in [0.25, 0.3) is 0 Å². The normalized spacial score (nSPS) is 13.7. The number of benzene rings is 1. The Balaban J connectivity index is 2.82. The van der Waals surface area contributed by atoms with Gasteiger partial charge in [-0.2, -0.15) is 12.6 Å². The van der Waals surface area contributed by atoms with Gasteiger partial charge in [0.25, 0.3) is 0 Å². The molecule has 13 N–H and O–H groups in total. The number of hydrogen-bond donors (Lipinski definition) is 10. The Bertz CT molecular complexity index is 1020. The Hall–Kier alpha value is -4.05. The summed E-state index contributed by atoms with van der Waals surface area (Å²) in [6.07, 6.45) is -0.264. The number of carboxylic acid groups (broad SMARTS) is 1. The fourth-order valence-corrected chi connectivity index (χ4v) is 3.42. The smallest absolute Gasteiger partial charge is 0.326 e. The van der Waals surface area contributed by atoms with E-state index in [0.717, 1.165) is 0 Å². The molecule has 4 atom stereocenters. The molecule has 0 bridgehead atoms. The van der Waals surface area contributed by atoms with E-state index in [-0.39, 0.29) is 43.3 Å². The number of aromatic hydroxyl groups is 1. The first-order valence-corrected chi connectivity index (χ1v) is 12.1. The number of carbonyl (C=O) groups excluding carboxylic acids is 4. The molecule has 0 aliphatic heterocycles. The monoisotopic (exact) mass is 554 g/mol. The number of nitrogens with one attached hydrogen (secondary N) is 3. The van der Waals surface area contributed by atoms with Gasteiger partial charge in [0.05, 0.1) is 12.5 Å². The number of carbonyl (C=O) groups is 5. The maximum atomic E-state index is 12.8. The van der Waals surface area contributed by atoms with E-state index >= 15 is 0 Å². The van der Waals surface area contributed by atoms with Crippen molar-refractivity contribution >= 4 is 48.2 Å². The van der Waals surface area contributed by atoms with Crippen molar-refractivity contribution in [3.05, 3.63) is 29.8 Å². The summed E-state index contributed by atoms with van der Waals surface area (Å²) in [5.41, 5.74) is 22.2. The first-order chi connectivity index (χ1) is 17.8. The average molecular weight is 555 g/mol. The molecule has 0 spiro atoms. The Morgan fingerprint density at radius 1 is 0.895 bits per heavy atom. The van der Waals surface area contributed by atoms with Crippen LogP contribution < -0.4 is 38.9 Å². The predicted molar refractivity (Wildman–Crippen MR) is 141 cm³/mol. The highest BCUT2D eigenvalue weighted by Gasteiger charge is 2.30. The van der Waals surface area contributed by atoms with Crippen molar-refractivity contribution < 1.29 is 34.2 Å². The Kier molecular flexibility index (Phi) is 13.4. The number of hydrogen-bond acceptors (Lipinski definition) is 9. The van der Waals surface area contributed by atoms with Crippen molar-refractivity contribution in [3.63, 3.8) is 0 Å². The zero-order valence-corrected chi connectivity index (χ0v) is 21.4. The van der Waals surface area contributed by atoms with Crippen molar-refractivity contribution in [1.82, 2.24) is 16.0 Å². The van der Waals surface area contributed by atoms with Crippen LogP contribution in [0, 0.1) is 0 Å². The lowest BCUT2D eigenvalue weighted by Gasteiger charge is -2.24. The molecule has 4 amide bonds. The number of carboxylic acids is 1. The van der Waals surface area contributed by atoms with Crippen LogP contribution >= 0.6 is 12.6 Å². The fraction of sp³-hybridized carbons (Fsp3) is 0.455. The van der Waals surface area contributed by atoms with Crippen molar-refractivity contribution in [2.75, 3.05) is 12.3 Å². The minimum Gasteiger partial charge on any atom is -0.508 e. The summed E-state index contributed by atoms with van der Waals surface area (Å²) < 4.78 is 0. The van der Waals surface area contributed by atoms with E-state index < -0.39 is 60.2 Å². The minimum atomic E-state index is -1.46. The lowest BCUT2D eigenvalue weighted by molar-refractivity contribution is -0.142. The first-order valence-electron chi connectivity index (χ1n) is 11.5. The van der Waals surface area contributed by atoms with Gasteiger partial charge in [-0.15, -0.1) is 0 Å². The molecular formula is C22H34N8O7S. The summed E-state index contributed by atoms with van der Waals surface area (Å²) in [5, 5.41) is 25.7. The number of thiol groups is 1. The van der Waals surface area contributed by atoms with Gasteiger partial charge in [0.2, 0.25) is 23.6 Å². The topological polar surface area (TPSA) is 278 Å². The highest BCUT2D eigenvalue weighted by atomic mass is 32.1. The summed E-state index contributed by atoms with van der Waals surface area (Å²) in [6.45, 7) is 0.151. The minimum absolute atomic E-state index is 0.00433. The third-order valence-corrected chi connectivity index (χ3v) is 5.51. The van der Waals surface area contributed by atoms with Crippen LogP contribution in [-0.4, -0.2) is 82.2 Å². The second-order valence-corrected chi connectivity index (χ2v) is 8.67. The summed E-state index contributed by atoms with van der Waals surface area (Å²) in [6, 6.07) is 0.806. The molecule has 0 heterocycles. The molecule has 0 saturated heterocycles. The second-order valence-electron chi connectivity index (χ2n) is 8.30. The van der Waals surface area contributed by atoms with E-state index in [1.54, 1.807) is 12.1 Å². The number of phenolic OH excluding ortho intramolecular Hbond substituents is 1. The highest BCUT2D eigenvalue weighted by molar-refractivity contribution is 7.80. The van der Waals surface area contributed by atoms with E-state index in [1.807, 2.05) is 0 Å². The van der Waals surface area contributed by atoms with Gasteiger partial charge >= 0.3 is 5.97 Å². The van der Waals surface area contributed by atoms with Crippen molar-refractivity contribution in [2.45, 2.75) is 49.9 Å². The van der Waals surface area contributed by atoms with Crippen LogP contribution in [0.3, 0.4) is 0 Å². The molecule has 0 aromatic heterocycles. The number of nitrogens with zero attached hydrogens (tertiary/aromatic N) is 1. The van der Waals surface area contributed by atoms with Crippen molar-refractivity contribution in [3.8, 4) is 5.75 Å². The molecule has 0 fully saturated rings. The number of guanidine groups is 1. The predicted octanol–water partition coefficient (Wildman–Crippen LogP) is -3.34. The number of amides is 4. The summed E-state index contributed by atoms with van der Waals surface area (Å²) in [4.78, 5) is 64.8. The van der Waals surface area contributed by atoms with Gasteiger partial charge < -0.3 is 49.1 Å². The van der Waals surface area contributed by atoms with Crippen LogP contribution in [0.15, 0.2) is 29.3 Å². The lowest BCUT2D eigenvalue weighted by atomic mass is 10.0. The summed E-state index contributed by atoms with van der Waals surface area (Å²) in [5.74, 6) is -5.11. The van der Waals surface area contributed by atoms with Gasteiger partial charge in [0, 0.05) is 12.3 Å². The molecular weight excluding hydrogens is 520 g/mol. The second kappa shape index (κ2) is 15.9. The molecule has 210 valence electrons. The molecule has 0 saturated carbocycles. The molecule has 1 rings (SSSR count). The van der Waals surface area contributed by atoms with Crippen molar-refractivity contribution in [2.24, 2.45) is 27.9 Å². The van der Waals surface area contributed by atoms with E-state index in [1.165, 1.54) is 12.1 Å². The SMILES string of the molecule is NC(=O)CC(NC(=O)C(N)Cc1ccc(O)cc1)C(=O)NC(CS)C(=O)NC(CCCN=C(N)N)C(=O)O. The molecule has 0 aliphatic carbocycles. The number of phenols is 1. The van der Waals surface area contributed by atoms with E-state index in [4.69, 9.17) is 22.9 Å². The van der Waals surface area contributed by atoms with Crippen LogP contribution in [0.5, 0.6) is 5.75 Å². The lowest BCUT2D eigenvalue weighted by Crippen LogP contribution is -2.58. The van der Waals surface area contributed by atoms with Crippen LogP contribution in [0.2, 0.25) is 0 Å². The largest absolute Gasteiger partial charge is 0.508 e. The van der Waals surface area contributed by atoms with E-state index in [2.05, 4.69) is 33.6 Å². The van der Waals surface area contributed by atoms with E-state index in [9.17, 15) is 34.2 Å². The molecule has 0 aliphatic rings. The van der Waals surface area contributed by atoms with Gasteiger partial charge in [-0.3, -0.25) is 24.2 Å². The number of primary amides is 1. The molecule has 16 heteroatoms. The third-order valence-electron chi connectivity index (χ3n) is 5.14. The Morgan fingerprint density at radius 3 is 1.97 bits per heavy atom. The standard InChI is InChI=1S/C22H34N8O7S/c23-13(8-11-3-5-12(31)6-4-11)18(33)29-15(9-17(24)32)19(34)30-16(10-38)20(35)28-14(21(36)37)2-1-7-27-22(25)26/h3-6,13-16,31,38H,1-2,7-10,23H2,(H2,24,32)(H,28,35)(H,29,33)(H,30,34)(H,36,37)(H4,25,26,27). The number of aliphatic imine (C=N–C) groups is 1. The molecule has 38 heavy (non-hydrogen) atoms. The van der Waals surface area contributed by atoms with Gasteiger partial charge in [0.15, 0.2) is 5.96 Å². The molecule has 1 aromatic carbocycles. The fourth-order valence-electron chi connectivity index (χ4n) is 3.17. The van der Waals surface area contributed by atoms with Gasteiger partial charge in [-0.25, -0.2) is 4.79 Å². The van der Waals surface area contributed by atoms with Crippen LogP contribution in [0.4, 0.5) is 0 Å². The molecule has 1 aromatic rings. The molecule has 0 radical (unpaired) electrons. The third kappa shape index (κ3) is 11.8. The Labute approximate surface area is 224 Å². The Morgan fingerprint density at radius 2 is 1.45 bits per heavy atom. The van der Waals surface area contributed by atoms with Crippen LogP contribution in [-0.2, 0) is 30.4 Å². The highest BCUT2D eigenvalue weighted by Crippen LogP contribution is 2.11. The van der Waals surface area contributed by atoms with Crippen LogP contribution in [0.1, 0.15) is 24.8 Å². The average Bonchev–Trinajstić information content (AvgIpc) is 2.84. The number of aliphatic carboxylic acids is 1. The zero-order chi connectivity index (χ0) is 28.8. The number of rotatable bonds is 16. The maximum Gasteiger partial charge on any atom is 0.326 e. The molecule has 15 nitrogen and oxygen atoms in total. The first kappa shape index (κ1) is 32.0. The zero-order valence-electron chi connectivity index (χ0n) is 20.5. The van der Waals surface area contributed by atoms with Gasteiger partial charge in [0.1, 0.15) is 23.9 Å². The van der Waals surface area contributed by atoms with Gasteiger partial charge in [-0.1, -0.05) is 12.1 Å². The maximum absolute atomic E-state index is 12.8. The van der Waals surface area contributed by atoms with Gasteiger partial charge in [-0.05, 0) is 37.0 Å². The van der Waals surface area contributed by atoms with Crippen molar-refractivity contribution in [1.29, 1.82) is 0 Å². The summed E-state index contributed by atoms with van der Waals surface area (Å²) in [7, 11) is 0.